The molecule has 1 saturated carbocycles. The Balaban J connectivity index is 1.37. The van der Waals surface area contributed by atoms with Crippen LogP contribution < -0.4 is 10.6 Å². The smallest absolute Gasteiger partial charge is 0.238 e. The van der Waals surface area contributed by atoms with Gasteiger partial charge in [0.2, 0.25) is 11.8 Å². The predicted octanol–water partition coefficient (Wildman–Crippen LogP) is 1.86. The van der Waals surface area contributed by atoms with E-state index in [1.807, 2.05) is 30.3 Å². The molecule has 2 N–H and O–H groups in total. The number of piperidine rings is 1. The first-order valence-electron chi connectivity index (χ1n) is 8.49. The van der Waals surface area contributed by atoms with Crippen molar-refractivity contribution in [1.29, 1.82) is 0 Å². The van der Waals surface area contributed by atoms with Crippen LogP contribution in [-0.4, -0.2) is 42.4 Å². The molecule has 5 nitrogen and oxygen atoms in total. The Hall–Kier alpha value is -1.88. The highest BCUT2D eigenvalue weighted by Crippen LogP contribution is 2.37. The summed E-state index contributed by atoms with van der Waals surface area (Å²) in [7, 11) is 0. The molecule has 3 rings (SSSR count). The number of nitrogens with one attached hydrogen (secondary N) is 2. The number of para-hydroxylation sites is 1. The van der Waals surface area contributed by atoms with E-state index in [-0.39, 0.29) is 23.8 Å². The summed E-state index contributed by atoms with van der Waals surface area (Å²) >= 11 is 0. The van der Waals surface area contributed by atoms with E-state index in [0.29, 0.717) is 12.5 Å². The summed E-state index contributed by atoms with van der Waals surface area (Å²) in [5, 5.41) is 6.07. The number of anilines is 1. The van der Waals surface area contributed by atoms with Crippen LogP contribution in [0.4, 0.5) is 5.69 Å². The summed E-state index contributed by atoms with van der Waals surface area (Å²) < 4.78 is 0. The topological polar surface area (TPSA) is 61.4 Å². The lowest BCUT2D eigenvalue weighted by Gasteiger charge is -2.31. The SMILES string of the molecule is C[C@@H]1C[C@@H]1C(=O)NC1CCN(CC(=O)Nc2ccccc2)CC1. The van der Waals surface area contributed by atoms with Crippen molar-refractivity contribution in [3.05, 3.63) is 30.3 Å². The Morgan fingerprint density at radius 1 is 1.17 bits per heavy atom. The third-order valence-corrected chi connectivity index (χ3v) is 4.80. The van der Waals surface area contributed by atoms with Crippen molar-refractivity contribution in [2.45, 2.75) is 32.2 Å². The Morgan fingerprint density at radius 2 is 1.83 bits per heavy atom. The van der Waals surface area contributed by atoms with E-state index in [2.05, 4.69) is 22.5 Å². The molecule has 2 amide bonds. The van der Waals surface area contributed by atoms with Crippen molar-refractivity contribution in [3.63, 3.8) is 0 Å². The van der Waals surface area contributed by atoms with Crippen LogP contribution >= 0.6 is 0 Å². The zero-order valence-corrected chi connectivity index (χ0v) is 13.6. The van der Waals surface area contributed by atoms with Gasteiger partial charge in [0.1, 0.15) is 0 Å². The van der Waals surface area contributed by atoms with Gasteiger partial charge in [-0.05, 0) is 37.3 Å². The standard InChI is InChI=1S/C18H25N3O2/c1-13-11-16(13)18(23)20-15-7-9-21(10-8-15)12-17(22)19-14-5-3-2-4-6-14/h2-6,13,15-16H,7-12H2,1H3,(H,19,22)(H,20,23)/t13-,16+/m1/s1. The third-order valence-electron chi connectivity index (χ3n) is 4.80. The van der Waals surface area contributed by atoms with E-state index >= 15 is 0 Å². The number of hydrogen-bond acceptors (Lipinski definition) is 3. The number of likely N-dealkylation sites (tertiary alicyclic amines) is 1. The normalized spacial score (nSPS) is 24.9. The minimum atomic E-state index is 0.0190. The number of amides is 2. The van der Waals surface area contributed by atoms with E-state index in [4.69, 9.17) is 0 Å². The first kappa shape index (κ1) is 16.0. The zero-order valence-electron chi connectivity index (χ0n) is 13.6. The first-order chi connectivity index (χ1) is 11.1. The Kier molecular flexibility index (Phi) is 4.96. The van der Waals surface area contributed by atoms with Crippen molar-refractivity contribution in [1.82, 2.24) is 10.2 Å². The Morgan fingerprint density at radius 3 is 2.43 bits per heavy atom. The average molecular weight is 315 g/mol. The van der Waals surface area contributed by atoms with Gasteiger partial charge in [0, 0.05) is 30.7 Å². The lowest BCUT2D eigenvalue weighted by Crippen LogP contribution is -2.47. The maximum absolute atomic E-state index is 12.1. The summed E-state index contributed by atoms with van der Waals surface area (Å²) in [4.78, 5) is 26.2. The molecular weight excluding hydrogens is 290 g/mol. The first-order valence-corrected chi connectivity index (χ1v) is 8.49. The molecule has 0 spiro atoms. The largest absolute Gasteiger partial charge is 0.353 e. The maximum Gasteiger partial charge on any atom is 0.238 e. The summed E-state index contributed by atoms with van der Waals surface area (Å²) in [6, 6.07) is 9.78. The van der Waals surface area contributed by atoms with Crippen molar-refractivity contribution < 1.29 is 9.59 Å². The van der Waals surface area contributed by atoms with Gasteiger partial charge in [-0.25, -0.2) is 0 Å². The molecule has 2 fully saturated rings. The summed E-state index contributed by atoms with van der Waals surface area (Å²) in [5.41, 5.74) is 0.832. The lowest BCUT2D eigenvalue weighted by atomic mass is 10.0. The number of carbonyl (C=O) groups is 2. The molecule has 1 heterocycles. The molecule has 2 aliphatic rings. The van der Waals surface area contributed by atoms with Crippen LogP contribution in [0.2, 0.25) is 0 Å². The van der Waals surface area contributed by atoms with Gasteiger partial charge < -0.3 is 10.6 Å². The molecule has 2 atom stereocenters. The van der Waals surface area contributed by atoms with Gasteiger partial charge in [-0.2, -0.15) is 0 Å². The van der Waals surface area contributed by atoms with E-state index in [1.165, 1.54) is 0 Å². The molecule has 0 aromatic heterocycles. The number of carbonyl (C=O) groups excluding carboxylic acids is 2. The van der Waals surface area contributed by atoms with Gasteiger partial charge in [-0.3, -0.25) is 14.5 Å². The molecule has 1 saturated heterocycles. The molecule has 0 bridgehead atoms. The van der Waals surface area contributed by atoms with Crippen molar-refractivity contribution in [3.8, 4) is 0 Å². The molecule has 0 radical (unpaired) electrons. The van der Waals surface area contributed by atoms with E-state index in [1.54, 1.807) is 0 Å². The fourth-order valence-corrected chi connectivity index (χ4v) is 3.16. The van der Waals surface area contributed by atoms with Gasteiger partial charge in [-0.1, -0.05) is 25.1 Å². The lowest BCUT2D eigenvalue weighted by molar-refractivity contribution is -0.124. The zero-order chi connectivity index (χ0) is 16.2. The van der Waals surface area contributed by atoms with Crippen molar-refractivity contribution in [2.24, 2.45) is 11.8 Å². The van der Waals surface area contributed by atoms with Gasteiger partial charge in [0.25, 0.3) is 0 Å². The van der Waals surface area contributed by atoms with E-state index < -0.39 is 0 Å². The Labute approximate surface area is 137 Å². The fraction of sp³-hybridized carbons (Fsp3) is 0.556. The van der Waals surface area contributed by atoms with Gasteiger partial charge in [-0.15, -0.1) is 0 Å². The average Bonchev–Trinajstić information content (AvgIpc) is 3.27. The van der Waals surface area contributed by atoms with Crippen LogP contribution in [0.25, 0.3) is 0 Å². The highest BCUT2D eigenvalue weighted by atomic mass is 16.2. The molecule has 1 aromatic carbocycles. The molecule has 1 aliphatic carbocycles. The highest BCUT2D eigenvalue weighted by Gasteiger charge is 2.39. The number of rotatable bonds is 5. The summed E-state index contributed by atoms with van der Waals surface area (Å²) in [6.45, 7) is 4.24. The monoisotopic (exact) mass is 315 g/mol. The third kappa shape index (κ3) is 4.55. The molecule has 0 unspecified atom stereocenters. The molecule has 1 aromatic rings. The van der Waals surface area contributed by atoms with Crippen LogP contribution in [0.5, 0.6) is 0 Å². The fourth-order valence-electron chi connectivity index (χ4n) is 3.16. The Bertz CT molecular complexity index is 553. The second-order valence-corrected chi connectivity index (χ2v) is 6.79. The number of benzene rings is 1. The molecule has 23 heavy (non-hydrogen) atoms. The van der Waals surface area contributed by atoms with E-state index in [0.717, 1.165) is 38.0 Å². The molecule has 5 heteroatoms. The van der Waals surface area contributed by atoms with Crippen molar-refractivity contribution >= 4 is 17.5 Å². The van der Waals surface area contributed by atoms with Crippen LogP contribution in [0.1, 0.15) is 26.2 Å². The van der Waals surface area contributed by atoms with Gasteiger partial charge >= 0.3 is 0 Å². The summed E-state index contributed by atoms with van der Waals surface area (Å²) in [6.07, 6.45) is 2.88. The molecular formula is C18H25N3O2. The van der Waals surface area contributed by atoms with Gasteiger partial charge in [0.15, 0.2) is 0 Å². The second kappa shape index (κ2) is 7.13. The minimum Gasteiger partial charge on any atom is -0.353 e. The van der Waals surface area contributed by atoms with Crippen LogP contribution in [-0.2, 0) is 9.59 Å². The van der Waals surface area contributed by atoms with Gasteiger partial charge in [0.05, 0.1) is 6.54 Å². The van der Waals surface area contributed by atoms with Crippen LogP contribution in [0.15, 0.2) is 30.3 Å². The number of nitrogens with zero attached hydrogens (tertiary/aromatic N) is 1. The number of hydrogen-bond donors (Lipinski definition) is 2. The highest BCUT2D eigenvalue weighted by molar-refractivity contribution is 5.92. The van der Waals surface area contributed by atoms with Crippen LogP contribution in [0, 0.1) is 11.8 Å². The second-order valence-electron chi connectivity index (χ2n) is 6.79. The van der Waals surface area contributed by atoms with E-state index in [9.17, 15) is 9.59 Å². The maximum atomic E-state index is 12.1. The van der Waals surface area contributed by atoms with Crippen molar-refractivity contribution in [2.75, 3.05) is 25.0 Å². The molecule has 124 valence electrons. The predicted molar refractivity (Wildman–Crippen MR) is 89.9 cm³/mol. The van der Waals surface area contributed by atoms with Crippen LogP contribution in [0.3, 0.4) is 0 Å². The summed E-state index contributed by atoms with van der Waals surface area (Å²) in [5.74, 6) is 1.03. The quantitative estimate of drug-likeness (QED) is 0.872. The minimum absolute atomic E-state index is 0.0190. The molecule has 1 aliphatic heterocycles.